The summed E-state index contributed by atoms with van der Waals surface area (Å²) in [7, 11) is -3.65. The standard InChI is InChI=1S/C15H24N2O2S/c1-10-4-7-14(12(3)8-10)17-15-9-13(20(16,18)19)6-5-11(15)2/h5-6,9-10,12,14,17H,4,7-8H2,1-3H3,(H2,16,18,19). The smallest absolute Gasteiger partial charge is 0.238 e. The average molecular weight is 296 g/mol. The van der Waals surface area contributed by atoms with Gasteiger partial charge in [0.05, 0.1) is 4.90 Å². The van der Waals surface area contributed by atoms with Crippen molar-refractivity contribution >= 4 is 15.7 Å². The summed E-state index contributed by atoms with van der Waals surface area (Å²) in [4.78, 5) is 0.169. The van der Waals surface area contributed by atoms with Crippen LogP contribution in [0.4, 0.5) is 5.69 Å². The number of nitrogens with one attached hydrogen (secondary N) is 1. The van der Waals surface area contributed by atoms with E-state index in [1.54, 1.807) is 18.2 Å². The predicted molar refractivity (Wildman–Crippen MR) is 82.1 cm³/mol. The first-order valence-electron chi connectivity index (χ1n) is 7.17. The van der Waals surface area contributed by atoms with E-state index in [1.165, 1.54) is 12.8 Å². The fourth-order valence-corrected chi connectivity index (χ4v) is 3.55. The lowest BCUT2D eigenvalue weighted by Crippen LogP contribution is -2.33. The third-order valence-corrected chi connectivity index (χ3v) is 5.22. The lowest BCUT2D eigenvalue weighted by atomic mass is 9.80. The van der Waals surface area contributed by atoms with Crippen LogP contribution in [0, 0.1) is 18.8 Å². The first-order valence-corrected chi connectivity index (χ1v) is 8.72. The first-order chi connectivity index (χ1) is 9.27. The molecule has 1 aliphatic carbocycles. The Morgan fingerprint density at radius 2 is 1.95 bits per heavy atom. The van der Waals surface area contributed by atoms with Crippen LogP contribution >= 0.6 is 0 Å². The zero-order chi connectivity index (χ0) is 14.9. The van der Waals surface area contributed by atoms with E-state index >= 15 is 0 Å². The van der Waals surface area contributed by atoms with Gasteiger partial charge in [0.25, 0.3) is 0 Å². The molecule has 2 rings (SSSR count). The molecule has 1 fully saturated rings. The third kappa shape index (κ3) is 3.52. The summed E-state index contributed by atoms with van der Waals surface area (Å²) in [6.45, 7) is 6.52. The Hall–Kier alpha value is -1.07. The predicted octanol–water partition coefficient (Wildman–Crippen LogP) is 2.88. The maximum Gasteiger partial charge on any atom is 0.238 e. The van der Waals surface area contributed by atoms with Crippen LogP contribution in [0.15, 0.2) is 23.1 Å². The van der Waals surface area contributed by atoms with Crippen LogP contribution in [-0.4, -0.2) is 14.5 Å². The SMILES string of the molecule is Cc1ccc(S(N)(=O)=O)cc1NC1CCC(C)CC1C. The Labute approximate surface area is 121 Å². The van der Waals surface area contributed by atoms with Crippen molar-refractivity contribution in [2.75, 3.05) is 5.32 Å². The van der Waals surface area contributed by atoms with Crippen LogP contribution in [0.2, 0.25) is 0 Å². The number of sulfonamides is 1. The van der Waals surface area contributed by atoms with Crippen LogP contribution in [-0.2, 0) is 10.0 Å². The molecular weight excluding hydrogens is 272 g/mol. The van der Waals surface area contributed by atoms with Crippen molar-refractivity contribution in [3.05, 3.63) is 23.8 Å². The molecular formula is C15H24N2O2S. The monoisotopic (exact) mass is 296 g/mol. The van der Waals surface area contributed by atoms with Crippen LogP contribution in [0.1, 0.15) is 38.7 Å². The number of anilines is 1. The lowest BCUT2D eigenvalue weighted by molar-refractivity contribution is 0.276. The second-order valence-electron chi connectivity index (χ2n) is 6.17. The van der Waals surface area contributed by atoms with Crippen molar-refractivity contribution in [2.45, 2.75) is 51.0 Å². The molecule has 0 aliphatic heterocycles. The Kier molecular flexibility index (Phi) is 4.39. The van der Waals surface area contributed by atoms with Crippen LogP contribution in [0.5, 0.6) is 0 Å². The van der Waals surface area contributed by atoms with Crippen molar-refractivity contribution in [1.29, 1.82) is 0 Å². The Morgan fingerprint density at radius 3 is 2.55 bits per heavy atom. The molecule has 1 saturated carbocycles. The zero-order valence-electron chi connectivity index (χ0n) is 12.4. The van der Waals surface area contributed by atoms with E-state index in [0.717, 1.165) is 23.6 Å². The van der Waals surface area contributed by atoms with Gasteiger partial charge < -0.3 is 5.32 Å². The van der Waals surface area contributed by atoms with Crippen LogP contribution in [0.3, 0.4) is 0 Å². The van der Waals surface area contributed by atoms with Crippen molar-refractivity contribution in [3.8, 4) is 0 Å². The Morgan fingerprint density at radius 1 is 1.25 bits per heavy atom. The van der Waals surface area contributed by atoms with E-state index in [-0.39, 0.29) is 4.90 Å². The van der Waals surface area contributed by atoms with Crippen molar-refractivity contribution in [2.24, 2.45) is 17.0 Å². The molecule has 0 radical (unpaired) electrons. The molecule has 1 aromatic carbocycles. The van der Waals surface area contributed by atoms with E-state index in [9.17, 15) is 8.42 Å². The number of rotatable bonds is 3. The van der Waals surface area contributed by atoms with Gasteiger partial charge in [0.1, 0.15) is 0 Å². The van der Waals surface area contributed by atoms with Gasteiger partial charge in [0.15, 0.2) is 0 Å². The number of hydrogen-bond donors (Lipinski definition) is 2. The zero-order valence-corrected chi connectivity index (χ0v) is 13.2. The molecule has 1 aromatic rings. The maximum atomic E-state index is 11.4. The number of primary sulfonamides is 1. The fourth-order valence-electron chi connectivity index (χ4n) is 3.01. The molecule has 112 valence electrons. The summed E-state index contributed by atoms with van der Waals surface area (Å²) in [5.41, 5.74) is 1.92. The third-order valence-electron chi connectivity index (χ3n) is 4.31. The summed E-state index contributed by atoms with van der Waals surface area (Å²) in [5, 5.41) is 8.71. The van der Waals surface area contributed by atoms with Gasteiger partial charge in [0, 0.05) is 11.7 Å². The van der Waals surface area contributed by atoms with Gasteiger partial charge >= 0.3 is 0 Å². The molecule has 1 aliphatic rings. The molecule has 20 heavy (non-hydrogen) atoms. The van der Waals surface area contributed by atoms with Crippen molar-refractivity contribution in [1.82, 2.24) is 0 Å². The van der Waals surface area contributed by atoms with Gasteiger partial charge in [-0.05, 0) is 55.7 Å². The summed E-state index contributed by atoms with van der Waals surface area (Å²) in [6, 6.07) is 5.41. The molecule has 0 spiro atoms. The van der Waals surface area contributed by atoms with Crippen LogP contribution < -0.4 is 10.5 Å². The molecule has 0 bridgehead atoms. The lowest BCUT2D eigenvalue weighted by Gasteiger charge is -2.34. The molecule has 5 heteroatoms. The second kappa shape index (κ2) is 5.74. The molecule has 0 amide bonds. The van der Waals surface area contributed by atoms with E-state index in [4.69, 9.17) is 5.14 Å². The fraction of sp³-hybridized carbons (Fsp3) is 0.600. The number of nitrogens with two attached hydrogens (primary N) is 1. The number of hydrogen-bond acceptors (Lipinski definition) is 3. The van der Waals surface area contributed by atoms with Gasteiger partial charge in [-0.25, -0.2) is 13.6 Å². The van der Waals surface area contributed by atoms with E-state index in [1.807, 2.05) is 6.92 Å². The molecule has 0 heterocycles. The molecule has 0 saturated heterocycles. The maximum absolute atomic E-state index is 11.4. The second-order valence-corrected chi connectivity index (χ2v) is 7.73. The van der Waals surface area contributed by atoms with Crippen molar-refractivity contribution in [3.63, 3.8) is 0 Å². The first kappa shape index (κ1) is 15.3. The van der Waals surface area contributed by atoms with Gasteiger partial charge in [-0.2, -0.15) is 0 Å². The minimum atomic E-state index is -3.65. The topological polar surface area (TPSA) is 72.2 Å². The number of benzene rings is 1. The average Bonchev–Trinajstić information content (AvgIpc) is 2.33. The van der Waals surface area contributed by atoms with Gasteiger partial charge in [-0.15, -0.1) is 0 Å². The molecule has 3 unspecified atom stereocenters. The molecule has 0 aromatic heterocycles. The highest BCUT2D eigenvalue weighted by Crippen LogP contribution is 2.32. The normalized spacial score (nSPS) is 27.3. The number of aryl methyl sites for hydroxylation is 1. The quantitative estimate of drug-likeness (QED) is 0.901. The van der Waals surface area contributed by atoms with Gasteiger partial charge in [0.2, 0.25) is 10.0 Å². The summed E-state index contributed by atoms with van der Waals surface area (Å²) in [5.74, 6) is 1.37. The summed E-state index contributed by atoms with van der Waals surface area (Å²) >= 11 is 0. The van der Waals surface area contributed by atoms with Crippen LogP contribution in [0.25, 0.3) is 0 Å². The summed E-state index contributed by atoms with van der Waals surface area (Å²) < 4.78 is 22.9. The highest BCUT2D eigenvalue weighted by Gasteiger charge is 2.25. The molecule has 3 atom stereocenters. The summed E-state index contributed by atoms with van der Waals surface area (Å²) in [6.07, 6.45) is 3.56. The molecule has 4 nitrogen and oxygen atoms in total. The highest BCUT2D eigenvalue weighted by molar-refractivity contribution is 7.89. The Balaban J connectivity index is 2.21. The van der Waals surface area contributed by atoms with E-state index in [2.05, 4.69) is 19.2 Å². The van der Waals surface area contributed by atoms with E-state index in [0.29, 0.717) is 12.0 Å². The van der Waals surface area contributed by atoms with Gasteiger partial charge in [-0.1, -0.05) is 19.9 Å². The van der Waals surface area contributed by atoms with Crippen molar-refractivity contribution < 1.29 is 8.42 Å². The largest absolute Gasteiger partial charge is 0.382 e. The highest BCUT2D eigenvalue weighted by atomic mass is 32.2. The minimum Gasteiger partial charge on any atom is -0.382 e. The van der Waals surface area contributed by atoms with Gasteiger partial charge in [-0.3, -0.25) is 0 Å². The van der Waals surface area contributed by atoms with E-state index < -0.39 is 10.0 Å². The molecule has 3 N–H and O–H groups in total. The minimum absolute atomic E-state index is 0.169. The Bertz CT molecular complexity index is 584.